The van der Waals surface area contributed by atoms with Crippen LogP contribution in [0, 0.1) is 0 Å². The number of hydrogen-bond donors (Lipinski definition) is 2. The van der Waals surface area contributed by atoms with Gasteiger partial charge in [0.05, 0.1) is 24.8 Å². The zero-order valence-electron chi connectivity index (χ0n) is 11.4. The van der Waals surface area contributed by atoms with Gasteiger partial charge in [0, 0.05) is 30.4 Å². The molecule has 0 radical (unpaired) electrons. The highest BCUT2D eigenvalue weighted by Crippen LogP contribution is 2.28. The Balaban J connectivity index is 1.59. The van der Waals surface area contributed by atoms with Gasteiger partial charge in [-0.05, 0) is 25.3 Å². The molecule has 2 N–H and O–H groups in total. The molecule has 3 rings (SSSR count). The van der Waals surface area contributed by atoms with E-state index >= 15 is 0 Å². The van der Waals surface area contributed by atoms with E-state index in [1.807, 2.05) is 24.0 Å². The Morgan fingerprint density at radius 2 is 2.50 bits per heavy atom. The number of aromatic nitrogens is 2. The molecule has 2 heterocycles. The average Bonchev–Trinajstić information content (AvgIpc) is 3.08. The summed E-state index contributed by atoms with van der Waals surface area (Å²) in [4.78, 5) is 11.9. The van der Waals surface area contributed by atoms with Crippen molar-refractivity contribution in [3.05, 3.63) is 41.6 Å². The van der Waals surface area contributed by atoms with Crippen molar-refractivity contribution < 1.29 is 9.21 Å². The summed E-state index contributed by atoms with van der Waals surface area (Å²) in [5, 5.41) is 10.1. The molecule has 0 aliphatic heterocycles. The second-order valence-corrected chi connectivity index (χ2v) is 5.07. The third-order valence-corrected chi connectivity index (χ3v) is 3.71. The van der Waals surface area contributed by atoms with Gasteiger partial charge < -0.3 is 15.1 Å². The van der Waals surface area contributed by atoms with Crippen molar-refractivity contribution in [2.75, 3.05) is 0 Å². The van der Waals surface area contributed by atoms with E-state index in [9.17, 15) is 4.79 Å². The van der Waals surface area contributed by atoms with Gasteiger partial charge in [-0.1, -0.05) is 0 Å². The molecule has 1 aliphatic rings. The molecule has 0 aromatic carbocycles. The highest BCUT2D eigenvalue weighted by molar-refractivity contribution is 5.74. The number of nitrogens with zero attached hydrogens (tertiary/aromatic N) is 2. The van der Waals surface area contributed by atoms with Crippen molar-refractivity contribution in [3.63, 3.8) is 0 Å². The van der Waals surface area contributed by atoms with Crippen LogP contribution in [-0.4, -0.2) is 15.8 Å². The monoisotopic (exact) mass is 274 g/mol. The number of carbonyl (C=O) groups excluding carboxylic acids is 1. The molecular formula is C14H18N4O2. The molecule has 106 valence electrons. The Kier molecular flexibility index (Phi) is 3.45. The first-order valence-electron chi connectivity index (χ1n) is 6.80. The Labute approximate surface area is 117 Å². The van der Waals surface area contributed by atoms with E-state index in [4.69, 9.17) is 4.42 Å². The molecule has 0 fully saturated rings. The fourth-order valence-corrected chi connectivity index (χ4v) is 2.64. The van der Waals surface area contributed by atoms with Crippen molar-refractivity contribution in [1.29, 1.82) is 0 Å². The Morgan fingerprint density at radius 3 is 3.30 bits per heavy atom. The van der Waals surface area contributed by atoms with Crippen LogP contribution in [0.1, 0.15) is 35.7 Å². The minimum Gasteiger partial charge on any atom is -0.472 e. The predicted molar refractivity (Wildman–Crippen MR) is 73.0 cm³/mol. The van der Waals surface area contributed by atoms with E-state index in [0.717, 1.165) is 30.4 Å². The minimum absolute atomic E-state index is 0.0526. The van der Waals surface area contributed by atoms with Gasteiger partial charge in [-0.3, -0.25) is 4.68 Å². The second kappa shape index (κ2) is 5.40. The maximum atomic E-state index is 11.9. The van der Waals surface area contributed by atoms with Crippen molar-refractivity contribution in [2.45, 2.75) is 31.8 Å². The molecule has 0 saturated heterocycles. The van der Waals surface area contributed by atoms with Crippen molar-refractivity contribution in [3.8, 4) is 0 Å². The topological polar surface area (TPSA) is 72.1 Å². The standard InChI is InChI=1S/C14H18N4O2/c1-18-13-4-2-3-12(11(13)8-16-18)17-14(19)15-7-10-5-6-20-9-10/h5-6,8-9,12H,2-4,7H2,1H3,(H2,15,17,19)/t12-/m0/s1. The lowest BCUT2D eigenvalue weighted by molar-refractivity contribution is 0.235. The lowest BCUT2D eigenvalue weighted by Gasteiger charge is -2.23. The van der Waals surface area contributed by atoms with Gasteiger partial charge in [-0.15, -0.1) is 0 Å². The van der Waals surface area contributed by atoms with E-state index in [-0.39, 0.29) is 12.1 Å². The number of amides is 2. The first-order valence-corrected chi connectivity index (χ1v) is 6.80. The number of aryl methyl sites for hydroxylation is 1. The molecule has 20 heavy (non-hydrogen) atoms. The predicted octanol–water partition coefficient (Wildman–Crippen LogP) is 1.89. The number of nitrogens with one attached hydrogen (secondary N) is 2. The van der Waals surface area contributed by atoms with Crippen LogP contribution < -0.4 is 10.6 Å². The summed E-state index contributed by atoms with van der Waals surface area (Å²) in [6.45, 7) is 0.467. The van der Waals surface area contributed by atoms with Gasteiger partial charge >= 0.3 is 6.03 Å². The summed E-state index contributed by atoms with van der Waals surface area (Å²) in [5.74, 6) is 0. The van der Waals surface area contributed by atoms with E-state index in [1.54, 1.807) is 12.5 Å². The molecule has 6 heteroatoms. The summed E-state index contributed by atoms with van der Waals surface area (Å²) in [7, 11) is 1.94. The van der Waals surface area contributed by atoms with Gasteiger partial charge in [0.2, 0.25) is 0 Å². The zero-order chi connectivity index (χ0) is 13.9. The molecular weight excluding hydrogens is 256 g/mol. The highest BCUT2D eigenvalue weighted by Gasteiger charge is 2.24. The van der Waals surface area contributed by atoms with Crippen LogP contribution >= 0.6 is 0 Å². The van der Waals surface area contributed by atoms with Gasteiger partial charge in [0.1, 0.15) is 0 Å². The first kappa shape index (κ1) is 12.8. The molecule has 1 aliphatic carbocycles. The van der Waals surface area contributed by atoms with Crippen LogP contribution in [0.15, 0.2) is 29.2 Å². The van der Waals surface area contributed by atoms with Crippen molar-refractivity contribution >= 4 is 6.03 Å². The maximum absolute atomic E-state index is 11.9. The molecule has 2 aromatic rings. The first-order chi connectivity index (χ1) is 9.74. The number of furan rings is 1. The molecule has 2 aromatic heterocycles. The fraction of sp³-hybridized carbons (Fsp3) is 0.429. The van der Waals surface area contributed by atoms with E-state index in [0.29, 0.717) is 6.54 Å². The molecule has 0 bridgehead atoms. The van der Waals surface area contributed by atoms with Crippen molar-refractivity contribution in [2.24, 2.45) is 7.05 Å². The molecule has 0 spiro atoms. The van der Waals surface area contributed by atoms with E-state index < -0.39 is 0 Å². The highest BCUT2D eigenvalue weighted by atomic mass is 16.3. The second-order valence-electron chi connectivity index (χ2n) is 5.07. The van der Waals surface area contributed by atoms with Crippen LogP contribution in [0.25, 0.3) is 0 Å². The zero-order valence-corrected chi connectivity index (χ0v) is 11.4. The third kappa shape index (κ3) is 2.54. The Hall–Kier alpha value is -2.24. The summed E-state index contributed by atoms with van der Waals surface area (Å²) < 4.78 is 6.86. The van der Waals surface area contributed by atoms with Crippen LogP contribution in [0.4, 0.5) is 4.79 Å². The molecule has 2 amide bonds. The fourth-order valence-electron chi connectivity index (χ4n) is 2.64. The van der Waals surface area contributed by atoms with E-state index in [2.05, 4.69) is 15.7 Å². The number of fused-ring (bicyclic) bond motifs is 1. The number of rotatable bonds is 3. The Morgan fingerprint density at radius 1 is 1.60 bits per heavy atom. The van der Waals surface area contributed by atoms with Gasteiger partial charge in [0.25, 0.3) is 0 Å². The normalized spacial score (nSPS) is 17.6. The van der Waals surface area contributed by atoms with Gasteiger partial charge in [-0.2, -0.15) is 5.10 Å². The molecule has 0 saturated carbocycles. The number of urea groups is 1. The van der Waals surface area contributed by atoms with Crippen LogP contribution in [-0.2, 0) is 20.0 Å². The minimum atomic E-state index is -0.159. The SMILES string of the molecule is Cn1ncc2c1CCC[C@@H]2NC(=O)NCc1ccoc1. The van der Waals surface area contributed by atoms with Gasteiger partial charge in [0.15, 0.2) is 0 Å². The maximum Gasteiger partial charge on any atom is 0.315 e. The smallest absolute Gasteiger partial charge is 0.315 e. The lowest BCUT2D eigenvalue weighted by Crippen LogP contribution is -2.38. The Bertz CT molecular complexity index is 588. The summed E-state index contributed by atoms with van der Waals surface area (Å²) in [6, 6.07) is 1.73. The van der Waals surface area contributed by atoms with Crippen molar-refractivity contribution in [1.82, 2.24) is 20.4 Å². The van der Waals surface area contributed by atoms with Crippen LogP contribution in [0.2, 0.25) is 0 Å². The lowest BCUT2D eigenvalue weighted by atomic mass is 9.93. The molecule has 6 nitrogen and oxygen atoms in total. The molecule has 1 atom stereocenters. The summed E-state index contributed by atoms with van der Waals surface area (Å²) in [6.07, 6.45) is 8.13. The number of hydrogen-bond acceptors (Lipinski definition) is 3. The van der Waals surface area contributed by atoms with Crippen LogP contribution in [0.3, 0.4) is 0 Å². The van der Waals surface area contributed by atoms with Crippen LogP contribution in [0.5, 0.6) is 0 Å². The van der Waals surface area contributed by atoms with E-state index in [1.165, 1.54) is 5.69 Å². The quantitative estimate of drug-likeness (QED) is 0.897. The third-order valence-electron chi connectivity index (χ3n) is 3.71. The summed E-state index contributed by atoms with van der Waals surface area (Å²) in [5.41, 5.74) is 3.31. The summed E-state index contributed by atoms with van der Waals surface area (Å²) >= 11 is 0. The average molecular weight is 274 g/mol. The van der Waals surface area contributed by atoms with Gasteiger partial charge in [-0.25, -0.2) is 4.79 Å². The number of carbonyl (C=O) groups is 1. The largest absolute Gasteiger partial charge is 0.472 e. The molecule has 0 unspecified atom stereocenters.